The first kappa shape index (κ1) is 27.6. The average molecular weight is 443 g/mol. The first-order chi connectivity index (χ1) is 13.7. The summed E-state index contributed by atoms with van der Waals surface area (Å²) in [5, 5.41) is 43.9. The van der Waals surface area contributed by atoms with E-state index in [0.717, 1.165) is 11.8 Å². The molecule has 13 nitrogen and oxygen atoms in total. The van der Waals surface area contributed by atoms with Crippen LogP contribution < -0.4 is 5.32 Å². The Morgan fingerprint density at radius 1 is 0.828 bits per heavy atom. The van der Waals surface area contributed by atoms with Crippen molar-refractivity contribution in [3.05, 3.63) is 0 Å². The number of hydrogen-bond donors (Lipinski definition) is 6. The number of carbonyl (C=O) groups is 3. The first-order valence-electron chi connectivity index (χ1n) is 9.01. The van der Waals surface area contributed by atoms with E-state index in [4.69, 9.17) is 20.8 Å². The zero-order chi connectivity index (χ0) is 22.1. The van der Waals surface area contributed by atoms with Crippen molar-refractivity contribution in [2.75, 3.05) is 19.0 Å². The molecule has 0 aliphatic carbocycles. The van der Waals surface area contributed by atoms with Crippen LogP contribution in [0, 0.1) is 0 Å². The van der Waals surface area contributed by atoms with Crippen molar-refractivity contribution in [3.63, 3.8) is 0 Å². The molecule has 0 saturated carbocycles. The predicted octanol–water partition coefficient (Wildman–Crippen LogP) is 0.960. The Morgan fingerprint density at radius 2 is 1.34 bits per heavy atom. The van der Waals surface area contributed by atoms with Gasteiger partial charge in [-0.25, -0.2) is 4.79 Å². The third-order valence-corrected chi connectivity index (χ3v) is 4.56. The Labute approximate surface area is 171 Å². The second kappa shape index (κ2) is 17.5. The number of carboxylic acid groups (broad SMARTS) is 1. The number of thioether (sulfide) groups is 1. The standard InChI is InChI=1S/C15H29N3O10S/c19-13(7-3-1-5-9-27-17(23)24)16-12(15(21)22)11-29-14(20)8-4-2-6-10-28-18(25)26/h12,23-26H,1-11H2,(H,16,19)(H,21,22). The monoisotopic (exact) mass is 443 g/mol. The smallest absolute Gasteiger partial charge is 0.327 e. The average Bonchev–Trinajstić information content (AvgIpc) is 2.63. The molecule has 0 bridgehead atoms. The van der Waals surface area contributed by atoms with Gasteiger partial charge in [0, 0.05) is 18.6 Å². The van der Waals surface area contributed by atoms with E-state index in [1.165, 1.54) is 0 Å². The van der Waals surface area contributed by atoms with Gasteiger partial charge in [-0.2, -0.15) is 0 Å². The van der Waals surface area contributed by atoms with E-state index in [1.807, 2.05) is 0 Å². The van der Waals surface area contributed by atoms with E-state index in [2.05, 4.69) is 15.0 Å². The SMILES string of the molecule is O=C(CCCCCON(O)O)NC(CSC(=O)CCCCCON(O)O)C(=O)O. The molecular weight excluding hydrogens is 414 g/mol. The van der Waals surface area contributed by atoms with Crippen LogP contribution in [0.15, 0.2) is 0 Å². The molecule has 0 saturated heterocycles. The summed E-state index contributed by atoms with van der Waals surface area (Å²) < 4.78 is 0. The van der Waals surface area contributed by atoms with Crippen molar-refractivity contribution < 1.29 is 50.0 Å². The van der Waals surface area contributed by atoms with Crippen molar-refractivity contribution >= 4 is 28.8 Å². The lowest BCUT2D eigenvalue weighted by atomic mass is 10.2. The fourth-order valence-corrected chi connectivity index (χ4v) is 2.96. The number of carbonyl (C=O) groups excluding carboxylic acids is 2. The molecule has 6 N–H and O–H groups in total. The molecule has 0 fully saturated rings. The van der Waals surface area contributed by atoms with Crippen LogP contribution in [0.2, 0.25) is 0 Å². The minimum Gasteiger partial charge on any atom is -0.480 e. The number of aliphatic carboxylic acids is 1. The van der Waals surface area contributed by atoms with Crippen LogP contribution in [0.25, 0.3) is 0 Å². The molecular formula is C15H29N3O10S. The fraction of sp³-hybridized carbons (Fsp3) is 0.800. The van der Waals surface area contributed by atoms with Crippen molar-refractivity contribution in [2.24, 2.45) is 0 Å². The summed E-state index contributed by atoms with van der Waals surface area (Å²) in [5.41, 5.74) is 0. The number of nitrogens with one attached hydrogen (secondary N) is 1. The molecule has 0 aromatic carbocycles. The summed E-state index contributed by atoms with van der Waals surface area (Å²) in [7, 11) is 0. The highest BCUT2D eigenvalue weighted by Gasteiger charge is 2.21. The molecule has 1 amide bonds. The maximum Gasteiger partial charge on any atom is 0.327 e. The molecule has 0 aliphatic heterocycles. The Hall–Kier alpha value is -1.36. The van der Waals surface area contributed by atoms with E-state index in [-0.39, 0.29) is 42.3 Å². The van der Waals surface area contributed by atoms with Crippen LogP contribution in [-0.4, -0.2) is 78.7 Å². The lowest BCUT2D eigenvalue weighted by Crippen LogP contribution is -2.42. The first-order valence-corrected chi connectivity index (χ1v) is 10.00. The maximum atomic E-state index is 11.8. The number of unbranched alkanes of at least 4 members (excludes halogenated alkanes) is 4. The Morgan fingerprint density at radius 3 is 1.83 bits per heavy atom. The van der Waals surface area contributed by atoms with E-state index >= 15 is 0 Å². The van der Waals surface area contributed by atoms with Gasteiger partial charge in [0.2, 0.25) is 5.91 Å². The summed E-state index contributed by atoms with van der Waals surface area (Å²) in [5.74, 6) is -1.75. The van der Waals surface area contributed by atoms with Crippen molar-refractivity contribution in [1.29, 1.82) is 0 Å². The zero-order valence-corrected chi connectivity index (χ0v) is 16.8. The number of hydrogen-bond acceptors (Lipinski definition) is 12. The summed E-state index contributed by atoms with van der Waals surface area (Å²) in [4.78, 5) is 43.6. The lowest BCUT2D eigenvalue weighted by Gasteiger charge is -2.14. The molecule has 0 aromatic rings. The lowest BCUT2D eigenvalue weighted by molar-refractivity contribution is -0.492. The molecule has 1 unspecified atom stereocenters. The van der Waals surface area contributed by atoms with Gasteiger partial charge >= 0.3 is 5.97 Å². The molecule has 0 aliphatic rings. The summed E-state index contributed by atoms with van der Waals surface area (Å²) >= 11 is 0.839. The van der Waals surface area contributed by atoms with E-state index in [9.17, 15) is 19.5 Å². The third kappa shape index (κ3) is 18.4. The molecule has 1 atom stereocenters. The highest BCUT2D eigenvalue weighted by molar-refractivity contribution is 8.13. The number of carboxylic acids is 1. The zero-order valence-electron chi connectivity index (χ0n) is 15.9. The molecule has 14 heteroatoms. The van der Waals surface area contributed by atoms with Crippen LogP contribution in [0.4, 0.5) is 0 Å². The fourth-order valence-electron chi connectivity index (χ4n) is 2.09. The largest absolute Gasteiger partial charge is 0.480 e. The van der Waals surface area contributed by atoms with Crippen LogP contribution in [-0.2, 0) is 24.1 Å². The van der Waals surface area contributed by atoms with Gasteiger partial charge in [0.05, 0.1) is 24.0 Å². The topological polar surface area (TPSA) is 189 Å². The van der Waals surface area contributed by atoms with Gasteiger partial charge in [-0.15, -0.1) is 0 Å². The van der Waals surface area contributed by atoms with E-state index < -0.39 is 23.3 Å². The molecule has 0 radical (unpaired) electrons. The Balaban J connectivity index is 3.91. The molecule has 0 rings (SSSR count). The second-order valence-electron chi connectivity index (χ2n) is 5.93. The highest BCUT2D eigenvalue weighted by atomic mass is 32.2. The Bertz CT molecular complexity index is 481. The Kier molecular flexibility index (Phi) is 16.7. The van der Waals surface area contributed by atoms with Crippen molar-refractivity contribution in [1.82, 2.24) is 16.1 Å². The maximum absolute atomic E-state index is 11.8. The van der Waals surface area contributed by atoms with E-state index in [0.29, 0.717) is 38.5 Å². The van der Waals surface area contributed by atoms with Gasteiger partial charge < -0.3 is 10.4 Å². The van der Waals surface area contributed by atoms with Crippen molar-refractivity contribution in [3.8, 4) is 0 Å². The van der Waals surface area contributed by atoms with Gasteiger partial charge in [0.1, 0.15) is 6.04 Å². The molecule has 0 aromatic heterocycles. The number of rotatable bonds is 18. The third-order valence-electron chi connectivity index (χ3n) is 3.53. The molecule has 29 heavy (non-hydrogen) atoms. The summed E-state index contributed by atoms with van der Waals surface area (Å²) in [6.07, 6.45) is 3.56. The van der Waals surface area contributed by atoms with Gasteiger partial charge in [-0.05, 0) is 25.7 Å². The second-order valence-corrected chi connectivity index (χ2v) is 7.01. The van der Waals surface area contributed by atoms with Crippen LogP contribution in [0.3, 0.4) is 0 Å². The highest BCUT2D eigenvalue weighted by Crippen LogP contribution is 2.12. The predicted molar refractivity (Wildman–Crippen MR) is 96.7 cm³/mol. The minimum absolute atomic E-state index is 0.0689. The van der Waals surface area contributed by atoms with Gasteiger partial charge in [0.15, 0.2) is 5.12 Å². The summed E-state index contributed by atoms with van der Waals surface area (Å²) in [6.45, 7) is 0.162. The van der Waals surface area contributed by atoms with Gasteiger partial charge in [0.25, 0.3) is 0 Å². The molecule has 170 valence electrons. The molecule has 0 heterocycles. The van der Waals surface area contributed by atoms with Gasteiger partial charge in [-0.3, -0.25) is 40.1 Å². The normalized spacial score (nSPS) is 12.3. The van der Waals surface area contributed by atoms with Crippen LogP contribution in [0.1, 0.15) is 51.4 Å². The minimum atomic E-state index is -1.23. The quantitative estimate of drug-likeness (QED) is 0.130. The van der Waals surface area contributed by atoms with E-state index in [1.54, 1.807) is 0 Å². The number of amides is 1. The van der Waals surface area contributed by atoms with Gasteiger partial charge in [-0.1, -0.05) is 24.6 Å². The van der Waals surface area contributed by atoms with Crippen molar-refractivity contribution in [2.45, 2.75) is 57.4 Å². The molecule has 0 spiro atoms. The summed E-state index contributed by atoms with van der Waals surface area (Å²) in [6, 6.07) is -1.18. The van der Waals surface area contributed by atoms with Crippen LogP contribution in [0.5, 0.6) is 0 Å². The number of nitrogens with zero attached hydrogens (tertiary/aromatic N) is 2. The van der Waals surface area contributed by atoms with Crippen LogP contribution >= 0.6 is 11.8 Å².